The minimum absolute atomic E-state index is 0.157. The molecule has 1 unspecified atom stereocenters. The molecule has 1 amide bonds. The van der Waals surface area contributed by atoms with Crippen molar-refractivity contribution in [1.82, 2.24) is 10.3 Å². The van der Waals surface area contributed by atoms with E-state index < -0.39 is 29.2 Å². The number of aromatic nitrogens is 1. The molecule has 1 aromatic carbocycles. The first-order valence-corrected chi connectivity index (χ1v) is 13.0. The molecule has 1 aromatic heterocycles. The van der Waals surface area contributed by atoms with Crippen molar-refractivity contribution in [1.29, 1.82) is 0 Å². The zero-order valence-corrected chi connectivity index (χ0v) is 21.6. The predicted molar refractivity (Wildman–Crippen MR) is 139 cm³/mol. The van der Waals surface area contributed by atoms with Crippen LogP contribution in [-0.2, 0) is 10.2 Å². The number of nitrogens with zero attached hydrogens (tertiary/aromatic N) is 1. The number of carbonyl (C=O) groups excluding carboxylic acids is 1. The fourth-order valence-electron chi connectivity index (χ4n) is 4.28. The van der Waals surface area contributed by atoms with Crippen molar-refractivity contribution in [2.24, 2.45) is 5.92 Å². The van der Waals surface area contributed by atoms with Crippen LogP contribution >= 0.6 is 11.3 Å². The number of allylic oxidation sites excluding steroid dienone is 4. The molecule has 1 saturated carbocycles. The van der Waals surface area contributed by atoms with Gasteiger partial charge in [-0.2, -0.15) is 0 Å². The van der Waals surface area contributed by atoms with Crippen molar-refractivity contribution < 1.29 is 28.2 Å². The van der Waals surface area contributed by atoms with E-state index in [0.29, 0.717) is 40.8 Å². The van der Waals surface area contributed by atoms with Crippen LogP contribution in [0, 0.1) is 5.92 Å². The summed E-state index contributed by atoms with van der Waals surface area (Å²) in [6, 6.07) is 4.14. The molecule has 0 spiro atoms. The Balaban J connectivity index is 1.53. The van der Waals surface area contributed by atoms with E-state index in [4.69, 9.17) is 9.47 Å². The first-order chi connectivity index (χ1) is 17.8. The molecule has 3 N–H and O–H groups in total. The van der Waals surface area contributed by atoms with Gasteiger partial charge in [0.2, 0.25) is 12.7 Å². The molecule has 1 aliphatic carbocycles. The molecule has 2 aliphatic rings. The smallest absolute Gasteiger partial charge is 0.236 e. The molecule has 0 saturated heterocycles. The summed E-state index contributed by atoms with van der Waals surface area (Å²) in [5, 5.41) is 16.1. The van der Waals surface area contributed by atoms with Crippen LogP contribution in [0.25, 0.3) is 0 Å². The zero-order chi connectivity index (χ0) is 26.6. The first-order valence-electron chi connectivity index (χ1n) is 12.1. The number of hydrogen-bond donors (Lipinski definition) is 3. The molecule has 0 radical (unpaired) electrons. The quantitative estimate of drug-likeness (QED) is 0.315. The Hall–Kier alpha value is -3.08. The van der Waals surface area contributed by atoms with Crippen molar-refractivity contribution >= 4 is 22.4 Å². The number of thiazole rings is 1. The van der Waals surface area contributed by atoms with Gasteiger partial charge in [0.05, 0.1) is 22.9 Å². The monoisotopic (exact) mass is 531 g/mol. The van der Waals surface area contributed by atoms with Crippen LogP contribution < -0.4 is 20.1 Å². The number of aliphatic hydroxyl groups is 1. The fourth-order valence-corrected chi connectivity index (χ4v) is 5.16. The summed E-state index contributed by atoms with van der Waals surface area (Å²) in [6.45, 7) is 7.29. The number of anilines is 1. The Morgan fingerprint density at radius 1 is 1.27 bits per heavy atom. The van der Waals surface area contributed by atoms with Gasteiger partial charge in [0.15, 0.2) is 16.6 Å². The molecule has 37 heavy (non-hydrogen) atoms. The van der Waals surface area contributed by atoms with Gasteiger partial charge < -0.3 is 19.9 Å². The van der Waals surface area contributed by atoms with Gasteiger partial charge in [-0.1, -0.05) is 37.8 Å². The van der Waals surface area contributed by atoms with Crippen LogP contribution in [0.3, 0.4) is 0 Å². The van der Waals surface area contributed by atoms with Crippen LogP contribution in [0.15, 0.2) is 60.9 Å². The average molecular weight is 532 g/mol. The zero-order valence-electron chi connectivity index (χ0n) is 20.8. The van der Waals surface area contributed by atoms with Crippen molar-refractivity contribution in [2.75, 3.05) is 18.7 Å². The molecule has 10 heteroatoms. The Morgan fingerprint density at radius 3 is 2.70 bits per heavy atom. The highest BCUT2D eigenvalue weighted by molar-refractivity contribution is 7.15. The van der Waals surface area contributed by atoms with E-state index in [2.05, 4.69) is 22.2 Å². The number of nitrogens with one attached hydrogen (secondary N) is 2. The number of aliphatic hydroxyl groups excluding tert-OH is 1. The number of amides is 1. The molecular formula is C27H31F2N3O4S. The molecule has 4 rings (SSSR count). The van der Waals surface area contributed by atoms with E-state index >= 15 is 4.39 Å². The van der Waals surface area contributed by atoms with Gasteiger partial charge in [-0.25, -0.2) is 13.8 Å². The van der Waals surface area contributed by atoms with E-state index in [-0.39, 0.29) is 25.2 Å². The number of hydrogen-bond acceptors (Lipinski definition) is 7. The van der Waals surface area contributed by atoms with Crippen molar-refractivity contribution in [2.45, 2.75) is 50.6 Å². The van der Waals surface area contributed by atoms with Gasteiger partial charge in [-0.3, -0.25) is 10.1 Å². The topological polar surface area (TPSA) is 92.7 Å². The minimum Gasteiger partial charge on any atom is -0.454 e. The summed E-state index contributed by atoms with van der Waals surface area (Å²) < 4.78 is 39.6. The highest BCUT2D eigenvalue weighted by atomic mass is 32.1. The average Bonchev–Trinajstić information content (AvgIpc) is 3.34. The second kappa shape index (κ2) is 11.5. The lowest BCUT2D eigenvalue weighted by molar-refractivity contribution is -0.118. The van der Waals surface area contributed by atoms with Gasteiger partial charge in [-0.15, -0.1) is 0 Å². The van der Waals surface area contributed by atoms with Gasteiger partial charge in [0.25, 0.3) is 0 Å². The van der Waals surface area contributed by atoms with E-state index in [1.165, 1.54) is 6.20 Å². The number of benzene rings is 1. The maximum Gasteiger partial charge on any atom is 0.236 e. The normalized spacial score (nSPS) is 18.0. The number of fused-ring (bicyclic) bond motifs is 1. The largest absolute Gasteiger partial charge is 0.454 e. The standard InChI is InChI=1S/C27H31F2N3O4S/c1-4-18(28)6-7-20(29)24(31-19(14-33)11-16(2)3)23-13-30-26(37-23)32-25(34)27(9-10-27)17-5-8-21-22(12-17)36-15-35-21/h4-8,12-13,16,19,24,31,33H,1,9-11,14-15H2,2-3H3,(H,30,32,34)/b18-6+,20-7+/t19-,24?/m1/s1. The minimum atomic E-state index is -0.975. The van der Waals surface area contributed by atoms with E-state index in [9.17, 15) is 14.3 Å². The Bertz CT molecular complexity index is 1210. The second-order valence-electron chi connectivity index (χ2n) is 9.59. The predicted octanol–water partition coefficient (Wildman–Crippen LogP) is 5.47. The van der Waals surface area contributed by atoms with Crippen molar-refractivity contribution in [3.05, 3.63) is 71.3 Å². The third kappa shape index (κ3) is 6.26. The highest BCUT2D eigenvalue weighted by Crippen LogP contribution is 2.51. The van der Waals surface area contributed by atoms with Crippen LogP contribution in [0.1, 0.15) is 49.6 Å². The lowest BCUT2D eigenvalue weighted by Crippen LogP contribution is -2.36. The molecule has 2 heterocycles. The van der Waals surface area contributed by atoms with Crippen LogP contribution in [-0.4, -0.2) is 35.4 Å². The number of carbonyl (C=O) groups is 1. The summed E-state index contributed by atoms with van der Waals surface area (Å²) in [4.78, 5) is 18.0. The number of ether oxygens (including phenoxy) is 2. The van der Waals surface area contributed by atoms with Gasteiger partial charge in [0.1, 0.15) is 11.7 Å². The van der Waals surface area contributed by atoms with Gasteiger partial charge >= 0.3 is 0 Å². The summed E-state index contributed by atoms with van der Waals surface area (Å²) in [7, 11) is 0. The SMILES string of the molecule is C=C/C(F)=C\C=C(\F)C(N[C@@H](CO)CC(C)C)c1cnc(NC(=O)C2(c3ccc4c(c3)OCO4)CC2)s1. The molecule has 1 aliphatic heterocycles. The van der Waals surface area contributed by atoms with Gasteiger partial charge in [-0.05, 0) is 61.1 Å². The molecular weight excluding hydrogens is 500 g/mol. The lowest BCUT2D eigenvalue weighted by atomic mass is 9.94. The lowest BCUT2D eigenvalue weighted by Gasteiger charge is -2.24. The van der Waals surface area contributed by atoms with E-state index in [1.807, 2.05) is 26.0 Å². The first kappa shape index (κ1) is 27.0. The number of halogens is 2. The van der Waals surface area contributed by atoms with Crippen molar-refractivity contribution in [3.8, 4) is 11.5 Å². The van der Waals surface area contributed by atoms with E-state index in [1.54, 1.807) is 6.07 Å². The highest BCUT2D eigenvalue weighted by Gasteiger charge is 2.52. The third-order valence-electron chi connectivity index (χ3n) is 6.39. The maximum atomic E-state index is 15.2. The Morgan fingerprint density at radius 2 is 2.03 bits per heavy atom. The third-order valence-corrected chi connectivity index (χ3v) is 7.37. The molecule has 1 fully saturated rings. The van der Waals surface area contributed by atoms with Crippen LogP contribution in [0.4, 0.5) is 13.9 Å². The molecule has 7 nitrogen and oxygen atoms in total. The van der Waals surface area contributed by atoms with Crippen molar-refractivity contribution in [3.63, 3.8) is 0 Å². The summed E-state index contributed by atoms with van der Waals surface area (Å²) in [5.41, 5.74) is 0.164. The van der Waals surface area contributed by atoms with Gasteiger partial charge in [0, 0.05) is 12.2 Å². The van der Waals surface area contributed by atoms with Crippen LogP contribution in [0.2, 0.25) is 0 Å². The fraction of sp³-hybridized carbons (Fsp3) is 0.407. The Kier molecular flexibility index (Phi) is 8.41. The number of rotatable bonds is 12. The summed E-state index contributed by atoms with van der Waals surface area (Å²) >= 11 is 1.12. The molecule has 2 aromatic rings. The second-order valence-corrected chi connectivity index (χ2v) is 10.7. The Labute approximate surface area is 218 Å². The maximum absolute atomic E-state index is 15.2. The van der Waals surface area contributed by atoms with E-state index in [0.717, 1.165) is 35.1 Å². The molecule has 198 valence electrons. The summed E-state index contributed by atoms with van der Waals surface area (Å²) in [6.07, 6.45) is 6.45. The molecule has 2 atom stereocenters. The summed E-state index contributed by atoms with van der Waals surface area (Å²) in [5.74, 6) is 0.00483. The van der Waals surface area contributed by atoms with Crippen LogP contribution in [0.5, 0.6) is 11.5 Å². The molecule has 0 bridgehead atoms.